The molecule has 134 valence electrons. The Kier molecular flexibility index (Phi) is 9.14. The highest BCUT2D eigenvalue weighted by atomic mass is 32.1. The smallest absolute Gasteiger partial charge is 0.183 e. The Morgan fingerprint density at radius 2 is 1.75 bits per heavy atom. The Balaban J connectivity index is 1.70. The van der Waals surface area contributed by atoms with Crippen molar-refractivity contribution < 1.29 is 0 Å². The van der Waals surface area contributed by atoms with Crippen LogP contribution in [0.4, 0.5) is 5.13 Å². The Morgan fingerprint density at radius 1 is 1.00 bits per heavy atom. The molecule has 0 saturated carbocycles. The summed E-state index contributed by atoms with van der Waals surface area (Å²) in [6.45, 7) is 3.90. The standard InChI is InChI=1S/C20H33N3S/c1-2-3-4-5-6-7-8-9-11-17-12-13-18-19(16-17)24-20(23-18)22-15-10-14-21/h12-13,16H,2-11,14-15,21H2,1H3,(H,22,23). The summed E-state index contributed by atoms with van der Waals surface area (Å²) in [6.07, 6.45) is 13.2. The summed E-state index contributed by atoms with van der Waals surface area (Å²) < 4.78 is 1.29. The quantitative estimate of drug-likeness (QED) is 0.454. The van der Waals surface area contributed by atoms with E-state index in [1.807, 2.05) is 0 Å². The third kappa shape index (κ3) is 6.78. The molecule has 0 spiro atoms. The first kappa shape index (κ1) is 19.2. The largest absolute Gasteiger partial charge is 0.361 e. The first-order valence-corrected chi connectivity index (χ1v) is 10.5. The zero-order chi connectivity index (χ0) is 17.0. The summed E-state index contributed by atoms with van der Waals surface area (Å²) in [6, 6.07) is 6.73. The molecule has 0 unspecified atom stereocenters. The average molecular weight is 348 g/mol. The number of benzene rings is 1. The molecule has 0 aliphatic carbocycles. The van der Waals surface area contributed by atoms with Crippen molar-refractivity contribution in [1.82, 2.24) is 4.98 Å². The van der Waals surface area contributed by atoms with Crippen LogP contribution in [0.25, 0.3) is 10.2 Å². The minimum atomic E-state index is 0.723. The van der Waals surface area contributed by atoms with E-state index in [1.165, 1.54) is 68.1 Å². The Bertz CT molecular complexity index is 579. The first-order valence-electron chi connectivity index (χ1n) is 9.67. The summed E-state index contributed by atoms with van der Waals surface area (Å²) in [4.78, 5) is 4.64. The van der Waals surface area contributed by atoms with Crippen LogP contribution in [0.2, 0.25) is 0 Å². The van der Waals surface area contributed by atoms with Crippen LogP contribution in [0.1, 0.15) is 70.3 Å². The predicted octanol–water partition coefficient (Wildman–Crippen LogP) is 5.74. The van der Waals surface area contributed by atoms with Gasteiger partial charge in [-0.1, -0.05) is 69.3 Å². The van der Waals surface area contributed by atoms with Gasteiger partial charge in [0.25, 0.3) is 0 Å². The molecule has 0 atom stereocenters. The normalized spacial score (nSPS) is 11.2. The highest BCUT2D eigenvalue weighted by Gasteiger charge is 2.04. The number of nitrogens with zero attached hydrogens (tertiary/aromatic N) is 1. The first-order chi connectivity index (χ1) is 11.8. The van der Waals surface area contributed by atoms with Crippen molar-refractivity contribution >= 4 is 26.7 Å². The van der Waals surface area contributed by atoms with Gasteiger partial charge in [0, 0.05) is 6.54 Å². The van der Waals surface area contributed by atoms with Crippen LogP contribution in [-0.4, -0.2) is 18.1 Å². The second kappa shape index (κ2) is 11.4. The SMILES string of the molecule is CCCCCCCCCCc1ccc2nc(NCCCN)sc2c1. The van der Waals surface area contributed by atoms with E-state index < -0.39 is 0 Å². The van der Waals surface area contributed by atoms with Crippen LogP contribution in [0.15, 0.2) is 18.2 Å². The molecule has 1 aromatic carbocycles. The topological polar surface area (TPSA) is 50.9 Å². The summed E-state index contributed by atoms with van der Waals surface area (Å²) in [5.74, 6) is 0. The maximum Gasteiger partial charge on any atom is 0.183 e. The van der Waals surface area contributed by atoms with E-state index in [0.717, 1.165) is 30.2 Å². The Labute approximate surface area is 151 Å². The molecule has 3 N–H and O–H groups in total. The van der Waals surface area contributed by atoms with Gasteiger partial charge in [-0.3, -0.25) is 0 Å². The third-order valence-corrected chi connectivity index (χ3v) is 5.40. The van der Waals surface area contributed by atoms with E-state index in [9.17, 15) is 0 Å². The number of hydrogen-bond acceptors (Lipinski definition) is 4. The Hall–Kier alpha value is -1.13. The molecule has 24 heavy (non-hydrogen) atoms. The van der Waals surface area contributed by atoms with Crippen molar-refractivity contribution in [3.05, 3.63) is 23.8 Å². The van der Waals surface area contributed by atoms with Gasteiger partial charge >= 0.3 is 0 Å². The fraction of sp³-hybridized carbons (Fsp3) is 0.650. The van der Waals surface area contributed by atoms with E-state index in [1.54, 1.807) is 11.3 Å². The molecule has 1 heterocycles. The van der Waals surface area contributed by atoms with Crippen molar-refractivity contribution in [2.45, 2.75) is 71.1 Å². The fourth-order valence-corrected chi connectivity index (χ4v) is 3.92. The van der Waals surface area contributed by atoms with Gasteiger partial charge in [0.1, 0.15) is 0 Å². The minimum absolute atomic E-state index is 0.723. The summed E-state index contributed by atoms with van der Waals surface area (Å²) in [5.41, 5.74) is 8.08. The lowest BCUT2D eigenvalue weighted by Crippen LogP contribution is -2.07. The summed E-state index contributed by atoms with van der Waals surface area (Å²) in [5, 5.41) is 4.38. The van der Waals surface area contributed by atoms with Crippen LogP contribution in [0.5, 0.6) is 0 Å². The zero-order valence-corrected chi connectivity index (χ0v) is 16.0. The molecule has 0 amide bonds. The monoisotopic (exact) mass is 347 g/mol. The van der Waals surface area contributed by atoms with Crippen LogP contribution >= 0.6 is 11.3 Å². The number of anilines is 1. The number of aryl methyl sites for hydroxylation is 1. The predicted molar refractivity (Wildman–Crippen MR) is 108 cm³/mol. The summed E-state index contributed by atoms with van der Waals surface area (Å²) >= 11 is 1.75. The van der Waals surface area contributed by atoms with E-state index in [0.29, 0.717) is 0 Å². The molecule has 2 aromatic rings. The molecule has 0 bridgehead atoms. The maximum absolute atomic E-state index is 5.53. The van der Waals surface area contributed by atoms with Gasteiger partial charge in [0.2, 0.25) is 0 Å². The van der Waals surface area contributed by atoms with Crippen LogP contribution in [-0.2, 0) is 6.42 Å². The van der Waals surface area contributed by atoms with E-state index in [-0.39, 0.29) is 0 Å². The number of nitrogens with one attached hydrogen (secondary N) is 1. The molecule has 0 aliphatic heterocycles. The lowest BCUT2D eigenvalue weighted by atomic mass is 10.0. The van der Waals surface area contributed by atoms with Gasteiger partial charge in [-0.2, -0.15) is 0 Å². The number of fused-ring (bicyclic) bond motifs is 1. The van der Waals surface area contributed by atoms with E-state index in [4.69, 9.17) is 5.73 Å². The van der Waals surface area contributed by atoms with Crippen LogP contribution in [0.3, 0.4) is 0 Å². The van der Waals surface area contributed by atoms with Crippen molar-refractivity contribution in [2.75, 3.05) is 18.4 Å². The second-order valence-corrected chi connectivity index (χ2v) is 7.65. The van der Waals surface area contributed by atoms with Gasteiger partial charge in [-0.15, -0.1) is 0 Å². The molecule has 4 heteroatoms. The third-order valence-electron chi connectivity index (χ3n) is 4.43. The van der Waals surface area contributed by atoms with Crippen LogP contribution < -0.4 is 11.1 Å². The second-order valence-electron chi connectivity index (χ2n) is 6.61. The molecular formula is C20H33N3S. The zero-order valence-electron chi connectivity index (χ0n) is 15.2. The number of aromatic nitrogens is 1. The lowest BCUT2D eigenvalue weighted by molar-refractivity contribution is 0.575. The molecule has 2 rings (SSSR count). The van der Waals surface area contributed by atoms with Gasteiger partial charge in [-0.05, 0) is 43.5 Å². The van der Waals surface area contributed by atoms with Gasteiger partial charge in [0.15, 0.2) is 5.13 Å². The van der Waals surface area contributed by atoms with Crippen molar-refractivity contribution in [1.29, 1.82) is 0 Å². The molecule has 0 radical (unpaired) electrons. The maximum atomic E-state index is 5.53. The highest BCUT2D eigenvalue weighted by Crippen LogP contribution is 2.27. The number of rotatable bonds is 13. The molecule has 0 fully saturated rings. The fourth-order valence-electron chi connectivity index (χ4n) is 2.96. The number of hydrogen-bond donors (Lipinski definition) is 2. The van der Waals surface area contributed by atoms with Crippen molar-refractivity contribution in [3.8, 4) is 0 Å². The van der Waals surface area contributed by atoms with Gasteiger partial charge in [-0.25, -0.2) is 4.98 Å². The van der Waals surface area contributed by atoms with Gasteiger partial charge < -0.3 is 11.1 Å². The summed E-state index contributed by atoms with van der Waals surface area (Å²) in [7, 11) is 0. The number of thiazole rings is 1. The molecule has 1 aromatic heterocycles. The Morgan fingerprint density at radius 3 is 2.50 bits per heavy atom. The lowest BCUT2D eigenvalue weighted by Gasteiger charge is -2.02. The highest BCUT2D eigenvalue weighted by molar-refractivity contribution is 7.22. The molecule has 0 aliphatic rings. The van der Waals surface area contributed by atoms with Crippen molar-refractivity contribution in [3.63, 3.8) is 0 Å². The number of nitrogens with two attached hydrogens (primary N) is 1. The molecular weight excluding hydrogens is 314 g/mol. The minimum Gasteiger partial charge on any atom is -0.361 e. The van der Waals surface area contributed by atoms with Crippen LogP contribution in [0, 0.1) is 0 Å². The van der Waals surface area contributed by atoms with Crippen molar-refractivity contribution in [2.24, 2.45) is 5.73 Å². The van der Waals surface area contributed by atoms with E-state index >= 15 is 0 Å². The van der Waals surface area contributed by atoms with Gasteiger partial charge in [0.05, 0.1) is 10.2 Å². The van der Waals surface area contributed by atoms with E-state index in [2.05, 4.69) is 35.4 Å². The average Bonchev–Trinajstić information content (AvgIpc) is 2.99. The molecule has 3 nitrogen and oxygen atoms in total. The number of unbranched alkanes of at least 4 members (excludes halogenated alkanes) is 7. The molecule has 0 saturated heterocycles.